The van der Waals surface area contributed by atoms with Crippen molar-refractivity contribution >= 4 is 18.2 Å². The summed E-state index contributed by atoms with van der Waals surface area (Å²) in [5.74, 6) is 0.298. The van der Waals surface area contributed by atoms with Crippen molar-refractivity contribution in [3.05, 3.63) is 0 Å². The quantitative estimate of drug-likeness (QED) is 0.665. The molecule has 0 radical (unpaired) electrons. The molecule has 1 aliphatic rings. The second-order valence-corrected chi connectivity index (χ2v) is 3.39. The molecule has 0 atom stereocenters. The van der Waals surface area contributed by atoms with Gasteiger partial charge in [-0.15, -0.1) is 12.4 Å². The van der Waals surface area contributed by atoms with E-state index >= 15 is 0 Å². The van der Waals surface area contributed by atoms with Crippen molar-refractivity contribution in [3.8, 4) is 0 Å². The Balaban J connectivity index is 0.00000121. The molecule has 1 heterocycles. The number of rotatable bonds is 2. The molecule has 72 valence electrons. The molecule has 0 bridgehead atoms. The van der Waals surface area contributed by atoms with E-state index in [1.807, 2.05) is 0 Å². The van der Waals surface area contributed by atoms with E-state index in [9.17, 15) is 4.79 Å². The summed E-state index contributed by atoms with van der Waals surface area (Å²) in [7, 11) is 0. The summed E-state index contributed by atoms with van der Waals surface area (Å²) < 4.78 is 0. The van der Waals surface area contributed by atoms with E-state index in [4.69, 9.17) is 0 Å². The molecule has 1 fully saturated rings. The summed E-state index contributed by atoms with van der Waals surface area (Å²) >= 11 is 0. The molecule has 0 unspecified atom stereocenters. The smallest absolute Gasteiger partial charge is 0.143 e. The zero-order valence-electron chi connectivity index (χ0n) is 7.71. The number of Topliss-reactive ketones (excluding diaryl/α,β-unsaturated/α-hetero) is 1. The molecular formula is C9H18ClNO. The van der Waals surface area contributed by atoms with E-state index in [-0.39, 0.29) is 12.4 Å². The predicted octanol–water partition coefficient (Wildman–Crippen LogP) is 1.87. The summed E-state index contributed by atoms with van der Waals surface area (Å²) in [6.07, 6.45) is 5.23. The summed E-state index contributed by atoms with van der Waals surface area (Å²) in [6, 6.07) is 0. The number of carbonyl (C=O) groups is 1. The highest BCUT2D eigenvalue weighted by atomic mass is 35.5. The minimum Gasteiger partial charge on any atom is -0.299 e. The first kappa shape index (κ1) is 11.9. The number of nitrogens with zero attached hydrogens (tertiary/aromatic N) is 1. The molecule has 1 saturated heterocycles. The fraction of sp³-hybridized carbons (Fsp3) is 0.889. The zero-order chi connectivity index (χ0) is 8.10. The topological polar surface area (TPSA) is 20.3 Å². The molecule has 12 heavy (non-hydrogen) atoms. The number of halogens is 1. The highest BCUT2D eigenvalue weighted by Gasteiger charge is 2.09. The maximum absolute atomic E-state index is 10.8. The standard InChI is InChI=1S/C9H17NO.ClH/c1-9(11)8-10-6-4-2-3-5-7-10;/h2-8H2,1H3;1H. The van der Waals surface area contributed by atoms with Crippen LogP contribution in [-0.4, -0.2) is 30.3 Å². The predicted molar refractivity (Wildman–Crippen MR) is 52.8 cm³/mol. The molecule has 0 amide bonds. The minimum absolute atomic E-state index is 0. The first-order chi connectivity index (χ1) is 5.29. The summed E-state index contributed by atoms with van der Waals surface area (Å²) in [5.41, 5.74) is 0. The SMILES string of the molecule is CC(=O)CN1CCCCCC1.Cl. The van der Waals surface area contributed by atoms with Gasteiger partial charge in [-0.05, 0) is 32.9 Å². The van der Waals surface area contributed by atoms with Gasteiger partial charge in [0.2, 0.25) is 0 Å². The Labute approximate surface area is 80.7 Å². The fourth-order valence-corrected chi connectivity index (χ4v) is 1.61. The monoisotopic (exact) mass is 191 g/mol. The number of hydrogen-bond donors (Lipinski definition) is 0. The van der Waals surface area contributed by atoms with Crippen molar-refractivity contribution in [2.45, 2.75) is 32.6 Å². The van der Waals surface area contributed by atoms with Gasteiger partial charge >= 0.3 is 0 Å². The molecule has 1 rings (SSSR count). The third-order valence-electron chi connectivity index (χ3n) is 2.14. The lowest BCUT2D eigenvalue weighted by molar-refractivity contribution is -0.118. The van der Waals surface area contributed by atoms with Crippen LogP contribution in [0.3, 0.4) is 0 Å². The van der Waals surface area contributed by atoms with Gasteiger partial charge in [-0.25, -0.2) is 0 Å². The van der Waals surface area contributed by atoms with Crippen molar-refractivity contribution in [1.82, 2.24) is 4.90 Å². The van der Waals surface area contributed by atoms with E-state index in [1.54, 1.807) is 6.92 Å². The Kier molecular flexibility index (Phi) is 6.39. The van der Waals surface area contributed by atoms with Gasteiger partial charge in [0.05, 0.1) is 6.54 Å². The Morgan fingerprint density at radius 3 is 2.08 bits per heavy atom. The average molecular weight is 192 g/mol. The third kappa shape index (κ3) is 4.73. The molecule has 1 aliphatic heterocycles. The second kappa shape index (κ2) is 6.44. The number of hydrogen-bond acceptors (Lipinski definition) is 2. The Hall–Kier alpha value is -0.0800. The van der Waals surface area contributed by atoms with E-state index < -0.39 is 0 Å². The van der Waals surface area contributed by atoms with E-state index in [1.165, 1.54) is 25.7 Å². The summed E-state index contributed by atoms with van der Waals surface area (Å²) in [4.78, 5) is 13.1. The van der Waals surface area contributed by atoms with E-state index in [0.717, 1.165) is 13.1 Å². The van der Waals surface area contributed by atoms with Gasteiger partial charge in [0.15, 0.2) is 0 Å². The molecule has 0 spiro atoms. The lowest BCUT2D eigenvalue weighted by Gasteiger charge is -2.17. The van der Waals surface area contributed by atoms with Crippen LogP contribution in [-0.2, 0) is 4.79 Å². The normalized spacial score (nSPS) is 19.4. The van der Waals surface area contributed by atoms with Crippen LogP contribution in [0.25, 0.3) is 0 Å². The molecule has 0 N–H and O–H groups in total. The lowest BCUT2D eigenvalue weighted by Crippen LogP contribution is -2.29. The first-order valence-corrected chi connectivity index (χ1v) is 4.51. The Morgan fingerprint density at radius 1 is 1.17 bits per heavy atom. The number of likely N-dealkylation sites (tertiary alicyclic amines) is 1. The van der Waals surface area contributed by atoms with E-state index in [2.05, 4.69) is 4.90 Å². The minimum atomic E-state index is 0. The van der Waals surface area contributed by atoms with Crippen molar-refractivity contribution in [1.29, 1.82) is 0 Å². The Morgan fingerprint density at radius 2 is 1.67 bits per heavy atom. The largest absolute Gasteiger partial charge is 0.299 e. The maximum Gasteiger partial charge on any atom is 0.143 e. The van der Waals surface area contributed by atoms with Crippen molar-refractivity contribution < 1.29 is 4.79 Å². The van der Waals surface area contributed by atoms with Crippen LogP contribution in [0, 0.1) is 0 Å². The highest BCUT2D eigenvalue weighted by molar-refractivity contribution is 5.85. The van der Waals surface area contributed by atoms with Gasteiger partial charge in [0.25, 0.3) is 0 Å². The number of ketones is 1. The number of carbonyl (C=O) groups excluding carboxylic acids is 1. The third-order valence-corrected chi connectivity index (χ3v) is 2.14. The van der Waals surface area contributed by atoms with Crippen LogP contribution in [0.4, 0.5) is 0 Å². The van der Waals surface area contributed by atoms with Crippen molar-refractivity contribution in [2.24, 2.45) is 0 Å². The van der Waals surface area contributed by atoms with Crippen LogP contribution in [0.2, 0.25) is 0 Å². The fourth-order valence-electron chi connectivity index (χ4n) is 1.61. The molecule has 3 heteroatoms. The van der Waals surface area contributed by atoms with Crippen molar-refractivity contribution in [2.75, 3.05) is 19.6 Å². The van der Waals surface area contributed by atoms with Gasteiger partial charge in [-0.3, -0.25) is 9.69 Å². The lowest BCUT2D eigenvalue weighted by atomic mass is 10.2. The van der Waals surface area contributed by atoms with Crippen LogP contribution in [0.1, 0.15) is 32.6 Å². The maximum atomic E-state index is 10.8. The molecule has 2 nitrogen and oxygen atoms in total. The van der Waals surface area contributed by atoms with Gasteiger partial charge in [0.1, 0.15) is 5.78 Å². The highest BCUT2D eigenvalue weighted by Crippen LogP contribution is 2.08. The summed E-state index contributed by atoms with van der Waals surface area (Å²) in [5, 5.41) is 0. The molecule has 0 aromatic heterocycles. The van der Waals surface area contributed by atoms with Gasteiger partial charge in [0, 0.05) is 0 Å². The molecule has 0 saturated carbocycles. The summed E-state index contributed by atoms with van der Waals surface area (Å²) in [6.45, 7) is 4.59. The van der Waals surface area contributed by atoms with Gasteiger partial charge < -0.3 is 0 Å². The molecule has 0 aromatic carbocycles. The molecular weight excluding hydrogens is 174 g/mol. The van der Waals surface area contributed by atoms with Crippen LogP contribution in [0.5, 0.6) is 0 Å². The van der Waals surface area contributed by atoms with Gasteiger partial charge in [-0.1, -0.05) is 12.8 Å². The van der Waals surface area contributed by atoms with Crippen LogP contribution in [0.15, 0.2) is 0 Å². The second-order valence-electron chi connectivity index (χ2n) is 3.39. The molecule has 0 aromatic rings. The average Bonchev–Trinajstić information content (AvgIpc) is 2.14. The Bertz CT molecular complexity index is 130. The van der Waals surface area contributed by atoms with Crippen LogP contribution >= 0.6 is 12.4 Å². The van der Waals surface area contributed by atoms with Gasteiger partial charge in [-0.2, -0.15) is 0 Å². The molecule has 0 aliphatic carbocycles. The zero-order valence-corrected chi connectivity index (χ0v) is 8.53. The van der Waals surface area contributed by atoms with Crippen molar-refractivity contribution in [3.63, 3.8) is 0 Å². The van der Waals surface area contributed by atoms with E-state index in [0.29, 0.717) is 12.3 Å². The van der Waals surface area contributed by atoms with Crippen LogP contribution < -0.4 is 0 Å². The first-order valence-electron chi connectivity index (χ1n) is 4.51.